The third-order valence-corrected chi connectivity index (χ3v) is 4.10. The Hall–Kier alpha value is -2.57. The fourth-order valence-corrected chi connectivity index (χ4v) is 2.75. The van der Waals surface area contributed by atoms with Gasteiger partial charge in [-0.05, 0) is 18.1 Å². The molecule has 1 saturated heterocycles. The number of methoxy groups -OCH3 is 1. The fourth-order valence-electron chi connectivity index (χ4n) is 2.75. The smallest absolute Gasteiger partial charge is 0.326 e. The lowest BCUT2D eigenvalue weighted by Crippen LogP contribution is -2.47. The number of carbonyl (C=O) groups is 3. The van der Waals surface area contributed by atoms with Gasteiger partial charge in [0, 0.05) is 13.0 Å². The highest BCUT2D eigenvalue weighted by molar-refractivity contribution is 6.01. The van der Waals surface area contributed by atoms with Crippen molar-refractivity contribution in [2.75, 3.05) is 18.6 Å². The molecule has 2 atom stereocenters. The highest BCUT2D eigenvalue weighted by Gasteiger charge is 2.37. The number of amides is 2. The number of ether oxygens (including phenoxy) is 1. The average Bonchev–Trinajstić information content (AvgIpc) is 2.93. The van der Waals surface area contributed by atoms with Gasteiger partial charge in [0.15, 0.2) is 0 Å². The molecule has 1 aliphatic heterocycles. The Balaban J connectivity index is 2.11. The molecule has 0 saturated carbocycles. The summed E-state index contributed by atoms with van der Waals surface area (Å²) in [4.78, 5) is 37.4. The molecule has 2 N–H and O–H groups in total. The van der Waals surface area contributed by atoms with Gasteiger partial charge in [0.1, 0.15) is 11.8 Å². The molecule has 0 spiro atoms. The lowest BCUT2D eigenvalue weighted by Gasteiger charge is -2.21. The van der Waals surface area contributed by atoms with Gasteiger partial charge < -0.3 is 20.1 Å². The van der Waals surface area contributed by atoms with Gasteiger partial charge in [0.2, 0.25) is 11.8 Å². The number of aliphatic carboxylic acids is 1. The monoisotopic (exact) mass is 334 g/mol. The van der Waals surface area contributed by atoms with E-state index in [1.165, 1.54) is 12.0 Å². The molecule has 0 radical (unpaired) electrons. The van der Waals surface area contributed by atoms with Crippen LogP contribution < -0.4 is 15.0 Å². The van der Waals surface area contributed by atoms with Crippen molar-refractivity contribution in [1.29, 1.82) is 0 Å². The number of anilines is 1. The number of nitrogens with zero attached hydrogens (tertiary/aromatic N) is 1. The number of benzene rings is 1. The van der Waals surface area contributed by atoms with Crippen molar-refractivity contribution in [2.24, 2.45) is 11.8 Å². The predicted octanol–water partition coefficient (Wildman–Crippen LogP) is 1.27. The van der Waals surface area contributed by atoms with Crippen LogP contribution in [-0.4, -0.2) is 42.6 Å². The molecule has 2 rings (SSSR count). The molecule has 7 nitrogen and oxygen atoms in total. The Labute approximate surface area is 140 Å². The van der Waals surface area contributed by atoms with Gasteiger partial charge in [-0.2, -0.15) is 0 Å². The topological polar surface area (TPSA) is 95.9 Å². The maximum atomic E-state index is 12.4. The van der Waals surface area contributed by atoms with Crippen LogP contribution in [0, 0.1) is 11.8 Å². The standard InChI is InChI=1S/C17H22N2O5/c1-10(2)15(17(22)23)18-16(21)11-8-14(20)19(9-11)12-6-4-5-7-13(12)24-3/h4-7,10-11,15H,8-9H2,1-3H3,(H,18,21)(H,22,23). The van der Waals surface area contributed by atoms with Crippen molar-refractivity contribution in [3.05, 3.63) is 24.3 Å². The van der Waals surface area contributed by atoms with Crippen molar-refractivity contribution in [2.45, 2.75) is 26.3 Å². The molecule has 1 aromatic rings. The van der Waals surface area contributed by atoms with Gasteiger partial charge in [-0.25, -0.2) is 4.79 Å². The minimum atomic E-state index is -1.08. The van der Waals surface area contributed by atoms with Crippen LogP contribution in [0.1, 0.15) is 20.3 Å². The summed E-state index contributed by atoms with van der Waals surface area (Å²) >= 11 is 0. The minimum absolute atomic E-state index is 0.0499. The van der Waals surface area contributed by atoms with Crippen LogP contribution in [0.15, 0.2) is 24.3 Å². The van der Waals surface area contributed by atoms with Gasteiger partial charge in [-0.3, -0.25) is 9.59 Å². The summed E-state index contributed by atoms with van der Waals surface area (Å²) in [6.07, 6.45) is 0.0499. The first-order valence-electron chi connectivity index (χ1n) is 7.81. The maximum absolute atomic E-state index is 12.4. The van der Waals surface area contributed by atoms with E-state index in [9.17, 15) is 19.5 Å². The van der Waals surface area contributed by atoms with Crippen LogP contribution >= 0.6 is 0 Å². The Morgan fingerprint density at radius 1 is 1.33 bits per heavy atom. The summed E-state index contributed by atoms with van der Waals surface area (Å²) in [6.45, 7) is 3.65. The second-order valence-electron chi connectivity index (χ2n) is 6.15. The van der Waals surface area contributed by atoms with E-state index < -0.39 is 23.8 Å². The molecule has 1 aromatic carbocycles. The normalized spacial score (nSPS) is 18.6. The lowest BCUT2D eigenvalue weighted by molar-refractivity contribution is -0.143. The Morgan fingerprint density at radius 3 is 2.58 bits per heavy atom. The third kappa shape index (κ3) is 3.67. The largest absolute Gasteiger partial charge is 0.495 e. The van der Waals surface area contributed by atoms with Gasteiger partial charge >= 0.3 is 5.97 Å². The number of hydrogen-bond acceptors (Lipinski definition) is 4. The maximum Gasteiger partial charge on any atom is 0.326 e. The van der Waals surface area contributed by atoms with E-state index in [4.69, 9.17) is 4.74 Å². The van der Waals surface area contributed by atoms with E-state index >= 15 is 0 Å². The molecule has 2 unspecified atom stereocenters. The van der Waals surface area contributed by atoms with Crippen LogP contribution in [0.25, 0.3) is 0 Å². The average molecular weight is 334 g/mol. The minimum Gasteiger partial charge on any atom is -0.495 e. The van der Waals surface area contributed by atoms with E-state index in [-0.39, 0.29) is 24.8 Å². The summed E-state index contributed by atoms with van der Waals surface area (Å²) in [6, 6.07) is 6.12. The molecule has 0 aromatic heterocycles. The molecular formula is C17H22N2O5. The van der Waals surface area contributed by atoms with Crippen molar-refractivity contribution < 1.29 is 24.2 Å². The summed E-state index contributed by atoms with van der Waals surface area (Å²) in [7, 11) is 1.52. The van der Waals surface area contributed by atoms with Crippen molar-refractivity contribution >= 4 is 23.5 Å². The number of carboxylic acids is 1. The first-order chi connectivity index (χ1) is 11.3. The number of para-hydroxylation sites is 2. The zero-order valence-corrected chi connectivity index (χ0v) is 14.0. The lowest BCUT2D eigenvalue weighted by atomic mass is 10.0. The summed E-state index contributed by atoms with van der Waals surface area (Å²) < 4.78 is 5.26. The number of carbonyl (C=O) groups excluding carboxylic acids is 2. The molecule has 0 bridgehead atoms. The summed E-state index contributed by atoms with van der Waals surface area (Å²) in [5.74, 6) is -1.95. The van der Waals surface area contributed by atoms with E-state index in [2.05, 4.69) is 5.32 Å². The molecule has 1 fully saturated rings. The molecule has 2 amide bonds. The predicted molar refractivity (Wildman–Crippen MR) is 87.9 cm³/mol. The highest BCUT2D eigenvalue weighted by atomic mass is 16.5. The second kappa shape index (κ2) is 7.33. The SMILES string of the molecule is COc1ccccc1N1CC(C(=O)NC(C(=O)O)C(C)C)CC1=O. The Kier molecular flexibility index (Phi) is 5.43. The molecular weight excluding hydrogens is 312 g/mol. The van der Waals surface area contributed by atoms with Crippen LogP contribution in [0.3, 0.4) is 0 Å². The zero-order chi connectivity index (χ0) is 17.9. The quantitative estimate of drug-likeness (QED) is 0.817. The van der Waals surface area contributed by atoms with Crippen molar-refractivity contribution in [3.63, 3.8) is 0 Å². The molecule has 130 valence electrons. The van der Waals surface area contributed by atoms with E-state index in [1.54, 1.807) is 38.1 Å². The van der Waals surface area contributed by atoms with Crippen molar-refractivity contribution in [3.8, 4) is 5.75 Å². The first-order valence-corrected chi connectivity index (χ1v) is 7.81. The van der Waals surface area contributed by atoms with E-state index in [1.807, 2.05) is 0 Å². The molecule has 7 heteroatoms. The number of hydrogen-bond donors (Lipinski definition) is 2. The van der Waals surface area contributed by atoms with Gasteiger partial charge in [0.25, 0.3) is 0 Å². The van der Waals surface area contributed by atoms with E-state index in [0.717, 1.165) is 0 Å². The van der Waals surface area contributed by atoms with Gasteiger partial charge in [-0.1, -0.05) is 26.0 Å². The molecule has 1 aliphatic rings. The van der Waals surface area contributed by atoms with Crippen molar-refractivity contribution in [1.82, 2.24) is 5.32 Å². The number of carboxylic acid groups (broad SMARTS) is 1. The Bertz CT molecular complexity index is 644. The summed E-state index contributed by atoms with van der Waals surface area (Å²) in [5.41, 5.74) is 0.610. The number of nitrogens with one attached hydrogen (secondary N) is 1. The molecule has 24 heavy (non-hydrogen) atoms. The van der Waals surface area contributed by atoms with Crippen LogP contribution in [0.4, 0.5) is 5.69 Å². The van der Waals surface area contributed by atoms with Crippen LogP contribution in [-0.2, 0) is 14.4 Å². The highest BCUT2D eigenvalue weighted by Crippen LogP contribution is 2.32. The molecule has 0 aliphatic carbocycles. The third-order valence-electron chi connectivity index (χ3n) is 4.10. The second-order valence-corrected chi connectivity index (χ2v) is 6.15. The van der Waals surface area contributed by atoms with Gasteiger partial charge in [0.05, 0.1) is 18.7 Å². The number of rotatable bonds is 6. The van der Waals surface area contributed by atoms with Crippen LogP contribution in [0.5, 0.6) is 5.75 Å². The zero-order valence-electron chi connectivity index (χ0n) is 14.0. The van der Waals surface area contributed by atoms with Crippen LogP contribution in [0.2, 0.25) is 0 Å². The van der Waals surface area contributed by atoms with Gasteiger partial charge in [-0.15, -0.1) is 0 Å². The van der Waals surface area contributed by atoms with E-state index in [0.29, 0.717) is 11.4 Å². The molecule has 1 heterocycles. The Morgan fingerprint density at radius 2 is 2.00 bits per heavy atom. The summed E-state index contributed by atoms with van der Waals surface area (Å²) in [5, 5.41) is 11.7. The first kappa shape index (κ1) is 17.8. The fraction of sp³-hybridized carbons (Fsp3) is 0.471.